The molecule has 0 saturated heterocycles. The van der Waals surface area contributed by atoms with E-state index in [0.29, 0.717) is 19.8 Å². The molecule has 1 aromatic rings. The molecule has 5 nitrogen and oxygen atoms in total. The van der Waals surface area contributed by atoms with Crippen LogP contribution in [0.5, 0.6) is 0 Å². The number of aryl methyl sites for hydroxylation is 1. The standard InChI is InChI=1S/C14H23N3O2/c1-5-19-9-8-15-14(18)16-13-7-6-12(17(3)4)10-11(13)2/h6-7,10H,5,8-9H2,1-4H3,(H2,15,16,18). The Morgan fingerprint density at radius 1 is 1.37 bits per heavy atom. The van der Waals surface area contributed by atoms with Gasteiger partial charge in [0.1, 0.15) is 0 Å². The molecular formula is C14H23N3O2. The van der Waals surface area contributed by atoms with E-state index < -0.39 is 0 Å². The first-order valence-corrected chi connectivity index (χ1v) is 6.45. The van der Waals surface area contributed by atoms with Crippen LogP contribution in [0.25, 0.3) is 0 Å². The summed E-state index contributed by atoms with van der Waals surface area (Å²) in [6.45, 7) is 5.60. The van der Waals surface area contributed by atoms with E-state index in [-0.39, 0.29) is 6.03 Å². The summed E-state index contributed by atoms with van der Waals surface area (Å²) in [7, 11) is 3.98. The van der Waals surface area contributed by atoms with Crippen molar-refractivity contribution in [1.82, 2.24) is 5.32 Å². The molecule has 0 aliphatic rings. The smallest absolute Gasteiger partial charge is 0.319 e. The molecule has 0 unspecified atom stereocenters. The van der Waals surface area contributed by atoms with Gasteiger partial charge < -0.3 is 20.3 Å². The SMILES string of the molecule is CCOCCNC(=O)Nc1ccc(N(C)C)cc1C. The predicted octanol–water partition coefficient (Wildman–Crippen LogP) is 2.22. The summed E-state index contributed by atoms with van der Waals surface area (Å²) in [5.41, 5.74) is 2.96. The lowest BCUT2D eigenvalue weighted by atomic mass is 10.1. The first-order valence-electron chi connectivity index (χ1n) is 6.45. The lowest BCUT2D eigenvalue weighted by Gasteiger charge is -2.15. The Morgan fingerprint density at radius 2 is 2.11 bits per heavy atom. The zero-order valence-corrected chi connectivity index (χ0v) is 12.1. The number of nitrogens with one attached hydrogen (secondary N) is 2. The Kier molecular flexibility index (Phi) is 6.15. The van der Waals surface area contributed by atoms with E-state index in [1.807, 2.05) is 51.0 Å². The molecule has 0 aliphatic heterocycles. The van der Waals surface area contributed by atoms with Crippen LogP contribution in [0.4, 0.5) is 16.2 Å². The summed E-state index contributed by atoms with van der Waals surface area (Å²) in [6.07, 6.45) is 0. The fourth-order valence-electron chi connectivity index (χ4n) is 1.61. The lowest BCUT2D eigenvalue weighted by molar-refractivity contribution is 0.150. The van der Waals surface area contributed by atoms with Gasteiger partial charge >= 0.3 is 6.03 Å². The number of carbonyl (C=O) groups is 1. The zero-order valence-electron chi connectivity index (χ0n) is 12.1. The Labute approximate surface area is 114 Å². The summed E-state index contributed by atoms with van der Waals surface area (Å²) in [4.78, 5) is 13.7. The molecule has 2 amide bonds. The van der Waals surface area contributed by atoms with Gasteiger partial charge in [0, 0.05) is 38.6 Å². The van der Waals surface area contributed by atoms with Crippen LogP contribution in [-0.2, 0) is 4.74 Å². The average Bonchev–Trinajstić information content (AvgIpc) is 2.37. The number of urea groups is 1. The highest BCUT2D eigenvalue weighted by atomic mass is 16.5. The molecule has 0 fully saturated rings. The quantitative estimate of drug-likeness (QED) is 0.775. The second-order valence-electron chi connectivity index (χ2n) is 4.47. The van der Waals surface area contributed by atoms with Gasteiger partial charge in [-0.2, -0.15) is 0 Å². The van der Waals surface area contributed by atoms with Crippen molar-refractivity contribution < 1.29 is 9.53 Å². The molecule has 0 radical (unpaired) electrons. The molecule has 1 aromatic carbocycles. The highest BCUT2D eigenvalue weighted by molar-refractivity contribution is 5.90. The van der Waals surface area contributed by atoms with Crippen LogP contribution in [0.1, 0.15) is 12.5 Å². The molecular weight excluding hydrogens is 242 g/mol. The number of amides is 2. The van der Waals surface area contributed by atoms with Gasteiger partial charge in [0.25, 0.3) is 0 Å². The van der Waals surface area contributed by atoms with Gasteiger partial charge in [-0.15, -0.1) is 0 Å². The topological polar surface area (TPSA) is 53.6 Å². The number of rotatable bonds is 6. The van der Waals surface area contributed by atoms with E-state index in [4.69, 9.17) is 4.74 Å². The maximum absolute atomic E-state index is 11.7. The van der Waals surface area contributed by atoms with Gasteiger partial charge in [-0.1, -0.05) is 0 Å². The molecule has 5 heteroatoms. The maximum Gasteiger partial charge on any atom is 0.319 e. The summed E-state index contributed by atoms with van der Waals surface area (Å²) >= 11 is 0. The molecule has 0 aliphatic carbocycles. The van der Waals surface area contributed by atoms with E-state index >= 15 is 0 Å². The second kappa shape index (κ2) is 7.63. The number of benzene rings is 1. The Hall–Kier alpha value is -1.75. The minimum absolute atomic E-state index is 0.208. The van der Waals surface area contributed by atoms with Gasteiger partial charge in [0.05, 0.1) is 6.61 Å². The number of hydrogen-bond donors (Lipinski definition) is 2. The van der Waals surface area contributed by atoms with Gasteiger partial charge in [-0.3, -0.25) is 0 Å². The third kappa shape index (κ3) is 5.18. The average molecular weight is 265 g/mol. The predicted molar refractivity (Wildman–Crippen MR) is 79.0 cm³/mol. The molecule has 0 heterocycles. The van der Waals surface area contributed by atoms with Crippen molar-refractivity contribution in [3.63, 3.8) is 0 Å². The number of anilines is 2. The molecule has 0 bridgehead atoms. The third-order valence-corrected chi connectivity index (χ3v) is 2.71. The fraction of sp³-hybridized carbons (Fsp3) is 0.500. The summed E-state index contributed by atoms with van der Waals surface area (Å²) in [5.74, 6) is 0. The van der Waals surface area contributed by atoms with Crippen molar-refractivity contribution >= 4 is 17.4 Å². The van der Waals surface area contributed by atoms with Crippen molar-refractivity contribution in [3.05, 3.63) is 23.8 Å². The van der Waals surface area contributed by atoms with Gasteiger partial charge in [-0.25, -0.2) is 4.79 Å². The molecule has 106 valence electrons. The third-order valence-electron chi connectivity index (χ3n) is 2.71. The first-order chi connectivity index (χ1) is 9.04. The van der Waals surface area contributed by atoms with Crippen LogP contribution >= 0.6 is 0 Å². The van der Waals surface area contributed by atoms with Crippen LogP contribution in [0.2, 0.25) is 0 Å². The molecule has 2 N–H and O–H groups in total. The van der Waals surface area contributed by atoms with Crippen LogP contribution in [0.3, 0.4) is 0 Å². The second-order valence-corrected chi connectivity index (χ2v) is 4.47. The molecule has 0 saturated carbocycles. The summed E-state index contributed by atoms with van der Waals surface area (Å²) < 4.78 is 5.15. The number of hydrogen-bond acceptors (Lipinski definition) is 3. The Morgan fingerprint density at radius 3 is 2.68 bits per heavy atom. The normalized spacial score (nSPS) is 10.1. The van der Waals surface area contributed by atoms with E-state index in [1.165, 1.54) is 0 Å². The molecule has 0 aromatic heterocycles. The van der Waals surface area contributed by atoms with E-state index in [9.17, 15) is 4.79 Å². The van der Waals surface area contributed by atoms with Gasteiger partial charge in [-0.05, 0) is 37.6 Å². The van der Waals surface area contributed by atoms with Gasteiger partial charge in [0.2, 0.25) is 0 Å². The highest BCUT2D eigenvalue weighted by Crippen LogP contribution is 2.21. The molecule has 0 atom stereocenters. The first kappa shape index (κ1) is 15.3. The van der Waals surface area contributed by atoms with Crippen molar-refractivity contribution in [3.8, 4) is 0 Å². The summed E-state index contributed by atoms with van der Waals surface area (Å²) in [5, 5.41) is 5.57. The monoisotopic (exact) mass is 265 g/mol. The van der Waals surface area contributed by atoms with Crippen molar-refractivity contribution in [2.75, 3.05) is 44.1 Å². The number of nitrogens with zero attached hydrogens (tertiary/aromatic N) is 1. The minimum Gasteiger partial charge on any atom is -0.380 e. The van der Waals surface area contributed by atoms with Crippen LogP contribution in [-0.4, -0.2) is 39.9 Å². The highest BCUT2D eigenvalue weighted by Gasteiger charge is 2.05. The van der Waals surface area contributed by atoms with E-state index in [2.05, 4.69) is 10.6 Å². The van der Waals surface area contributed by atoms with E-state index in [0.717, 1.165) is 16.9 Å². The number of carbonyl (C=O) groups excluding carboxylic acids is 1. The Balaban J connectivity index is 2.50. The largest absolute Gasteiger partial charge is 0.380 e. The van der Waals surface area contributed by atoms with Crippen molar-refractivity contribution in [2.45, 2.75) is 13.8 Å². The van der Waals surface area contributed by atoms with Crippen LogP contribution < -0.4 is 15.5 Å². The lowest BCUT2D eigenvalue weighted by Crippen LogP contribution is -2.31. The summed E-state index contributed by atoms with van der Waals surface area (Å²) in [6, 6.07) is 5.71. The van der Waals surface area contributed by atoms with Gasteiger partial charge in [0.15, 0.2) is 0 Å². The Bertz CT molecular complexity index is 419. The van der Waals surface area contributed by atoms with Crippen LogP contribution in [0.15, 0.2) is 18.2 Å². The molecule has 1 rings (SSSR count). The maximum atomic E-state index is 11.7. The van der Waals surface area contributed by atoms with E-state index in [1.54, 1.807) is 0 Å². The molecule has 19 heavy (non-hydrogen) atoms. The fourth-order valence-corrected chi connectivity index (χ4v) is 1.61. The van der Waals surface area contributed by atoms with Crippen molar-refractivity contribution in [2.24, 2.45) is 0 Å². The number of ether oxygens (including phenoxy) is 1. The van der Waals surface area contributed by atoms with Crippen molar-refractivity contribution in [1.29, 1.82) is 0 Å². The van der Waals surface area contributed by atoms with Crippen LogP contribution in [0, 0.1) is 6.92 Å². The minimum atomic E-state index is -0.208. The zero-order chi connectivity index (χ0) is 14.3. The molecule has 0 spiro atoms.